The van der Waals surface area contributed by atoms with Crippen LogP contribution in [-0.2, 0) is 9.53 Å². The minimum absolute atomic E-state index is 0.433. The van der Waals surface area contributed by atoms with E-state index < -0.39 is 12.1 Å². The van der Waals surface area contributed by atoms with Crippen molar-refractivity contribution in [3.63, 3.8) is 0 Å². The van der Waals surface area contributed by atoms with E-state index >= 15 is 0 Å². The van der Waals surface area contributed by atoms with E-state index in [0.29, 0.717) is 13.2 Å². The fourth-order valence-electron chi connectivity index (χ4n) is 1.43. The van der Waals surface area contributed by atoms with E-state index in [-0.39, 0.29) is 0 Å². The lowest BCUT2D eigenvalue weighted by Gasteiger charge is -2.21. The Morgan fingerprint density at radius 3 is 2.38 bits per heavy atom. The predicted octanol–water partition coefficient (Wildman–Crippen LogP) is 0.360. The molecule has 0 fully saturated rings. The molecule has 1 atom stereocenters. The van der Waals surface area contributed by atoms with Gasteiger partial charge < -0.3 is 19.6 Å². The minimum atomic E-state index is -0.888. The highest BCUT2D eigenvalue weighted by atomic mass is 16.5. The SMILES string of the molecule is CCOC(CN(C)CCCN(C)C)C(=O)O. The average molecular weight is 232 g/mol. The summed E-state index contributed by atoms with van der Waals surface area (Å²) >= 11 is 0. The highest BCUT2D eigenvalue weighted by molar-refractivity contribution is 5.72. The van der Waals surface area contributed by atoms with E-state index in [9.17, 15) is 4.79 Å². The van der Waals surface area contributed by atoms with Gasteiger partial charge in [0.15, 0.2) is 6.10 Å². The van der Waals surface area contributed by atoms with Gasteiger partial charge in [-0.15, -0.1) is 0 Å². The van der Waals surface area contributed by atoms with Gasteiger partial charge in [-0.05, 0) is 47.6 Å². The first-order chi connectivity index (χ1) is 7.47. The van der Waals surface area contributed by atoms with Gasteiger partial charge in [-0.3, -0.25) is 0 Å². The van der Waals surface area contributed by atoms with Crippen LogP contribution in [0.2, 0.25) is 0 Å². The Bertz CT molecular complexity index is 198. The lowest BCUT2D eigenvalue weighted by Crippen LogP contribution is -2.37. The number of hydrogen-bond donors (Lipinski definition) is 1. The molecule has 0 aliphatic rings. The van der Waals surface area contributed by atoms with E-state index in [4.69, 9.17) is 9.84 Å². The van der Waals surface area contributed by atoms with Crippen LogP contribution in [0.25, 0.3) is 0 Å². The van der Waals surface area contributed by atoms with Gasteiger partial charge in [0.05, 0.1) is 0 Å². The zero-order valence-electron chi connectivity index (χ0n) is 10.8. The zero-order chi connectivity index (χ0) is 12.6. The smallest absolute Gasteiger partial charge is 0.334 e. The zero-order valence-corrected chi connectivity index (χ0v) is 10.8. The second-order valence-electron chi connectivity index (χ2n) is 4.20. The number of carbonyl (C=O) groups is 1. The molecule has 5 nitrogen and oxygen atoms in total. The molecule has 0 spiro atoms. The molecule has 0 radical (unpaired) electrons. The van der Waals surface area contributed by atoms with Crippen LogP contribution >= 0.6 is 0 Å². The van der Waals surface area contributed by atoms with Crippen molar-refractivity contribution in [1.82, 2.24) is 9.80 Å². The Kier molecular flexibility index (Phi) is 8.15. The van der Waals surface area contributed by atoms with Crippen LogP contribution in [0.1, 0.15) is 13.3 Å². The molecule has 0 aliphatic carbocycles. The summed E-state index contributed by atoms with van der Waals surface area (Å²) in [6.45, 7) is 4.58. The van der Waals surface area contributed by atoms with E-state index in [1.54, 1.807) is 0 Å². The van der Waals surface area contributed by atoms with Crippen molar-refractivity contribution in [2.75, 3.05) is 47.4 Å². The predicted molar refractivity (Wildman–Crippen MR) is 63.7 cm³/mol. The molecule has 0 rings (SSSR count). The molecule has 0 aromatic carbocycles. The molecule has 0 amide bonds. The summed E-state index contributed by atoms with van der Waals surface area (Å²) in [6.07, 6.45) is 0.316. The molecule has 0 heterocycles. The lowest BCUT2D eigenvalue weighted by atomic mass is 10.3. The molecular formula is C11H24N2O3. The van der Waals surface area contributed by atoms with Crippen molar-refractivity contribution in [3.05, 3.63) is 0 Å². The van der Waals surface area contributed by atoms with Crippen molar-refractivity contribution in [3.8, 4) is 0 Å². The number of carboxylic acid groups (broad SMARTS) is 1. The molecule has 0 aromatic rings. The Morgan fingerprint density at radius 1 is 1.31 bits per heavy atom. The summed E-state index contributed by atoms with van der Waals surface area (Å²) in [7, 11) is 5.98. The van der Waals surface area contributed by atoms with E-state index in [2.05, 4.69) is 4.90 Å². The summed E-state index contributed by atoms with van der Waals surface area (Å²) in [4.78, 5) is 15.0. The van der Waals surface area contributed by atoms with Crippen molar-refractivity contribution in [2.45, 2.75) is 19.4 Å². The molecular weight excluding hydrogens is 208 g/mol. The first-order valence-corrected chi connectivity index (χ1v) is 5.65. The number of aliphatic carboxylic acids is 1. The second-order valence-corrected chi connectivity index (χ2v) is 4.20. The second kappa shape index (κ2) is 8.50. The quantitative estimate of drug-likeness (QED) is 0.622. The number of nitrogens with zero attached hydrogens (tertiary/aromatic N) is 2. The highest BCUT2D eigenvalue weighted by Crippen LogP contribution is 1.98. The first-order valence-electron chi connectivity index (χ1n) is 5.65. The highest BCUT2D eigenvalue weighted by Gasteiger charge is 2.19. The van der Waals surface area contributed by atoms with Crippen LogP contribution in [0.15, 0.2) is 0 Å². The fraction of sp³-hybridized carbons (Fsp3) is 0.909. The van der Waals surface area contributed by atoms with Crippen molar-refractivity contribution < 1.29 is 14.6 Å². The van der Waals surface area contributed by atoms with Gasteiger partial charge in [0, 0.05) is 13.2 Å². The Morgan fingerprint density at radius 2 is 1.94 bits per heavy atom. The molecule has 0 aromatic heterocycles. The molecule has 96 valence electrons. The maximum atomic E-state index is 10.8. The normalized spacial score (nSPS) is 13.4. The van der Waals surface area contributed by atoms with E-state index in [1.165, 1.54) is 0 Å². The molecule has 5 heteroatoms. The summed E-state index contributed by atoms with van der Waals surface area (Å²) in [5, 5.41) is 8.91. The van der Waals surface area contributed by atoms with Crippen LogP contribution in [0.5, 0.6) is 0 Å². The van der Waals surface area contributed by atoms with Crippen LogP contribution < -0.4 is 0 Å². The summed E-state index contributed by atoms with van der Waals surface area (Å²) in [6, 6.07) is 0. The molecule has 1 unspecified atom stereocenters. The first kappa shape index (κ1) is 15.3. The number of carboxylic acids is 1. The van der Waals surface area contributed by atoms with Gasteiger partial charge in [-0.25, -0.2) is 4.79 Å². The number of hydrogen-bond acceptors (Lipinski definition) is 4. The third-order valence-electron chi connectivity index (χ3n) is 2.27. The fourth-order valence-corrected chi connectivity index (χ4v) is 1.43. The van der Waals surface area contributed by atoms with Gasteiger partial charge in [0.25, 0.3) is 0 Å². The largest absolute Gasteiger partial charge is 0.479 e. The van der Waals surface area contributed by atoms with Crippen LogP contribution in [0, 0.1) is 0 Å². The maximum absolute atomic E-state index is 10.8. The number of rotatable bonds is 9. The third kappa shape index (κ3) is 7.62. The number of ether oxygens (including phenoxy) is 1. The summed E-state index contributed by atoms with van der Waals surface area (Å²) in [5.41, 5.74) is 0. The number of likely N-dealkylation sites (N-methyl/N-ethyl adjacent to an activating group) is 1. The molecule has 16 heavy (non-hydrogen) atoms. The van der Waals surface area contributed by atoms with Gasteiger partial charge in [-0.2, -0.15) is 0 Å². The van der Waals surface area contributed by atoms with Crippen LogP contribution in [-0.4, -0.2) is 74.4 Å². The monoisotopic (exact) mass is 232 g/mol. The van der Waals surface area contributed by atoms with E-state index in [0.717, 1.165) is 19.5 Å². The van der Waals surface area contributed by atoms with Gasteiger partial charge in [0.2, 0.25) is 0 Å². The summed E-state index contributed by atoms with van der Waals surface area (Å²) < 4.78 is 5.15. The lowest BCUT2D eigenvalue weighted by molar-refractivity contribution is -0.151. The van der Waals surface area contributed by atoms with Gasteiger partial charge in [0.1, 0.15) is 0 Å². The van der Waals surface area contributed by atoms with Gasteiger partial charge >= 0.3 is 5.97 Å². The molecule has 0 saturated carbocycles. The third-order valence-corrected chi connectivity index (χ3v) is 2.27. The molecule has 0 aliphatic heterocycles. The minimum Gasteiger partial charge on any atom is -0.479 e. The van der Waals surface area contributed by atoms with Crippen molar-refractivity contribution >= 4 is 5.97 Å². The van der Waals surface area contributed by atoms with Crippen molar-refractivity contribution in [1.29, 1.82) is 0 Å². The molecule has 1 N–H and O–H groups in total. The van der Waals surface area contributed by atoms with Gasteiger partial charge in [-0.1, -0.05) is 0 Å². The van der Waals surface area contributed by atoms with Crippen LogP contribution in [0.4, 0.5) is 0 Å². The standard InChI is InChI=1S/C11H24N2O3/c1-5-16-10(11(14)15)9-13(4)8-6-7-12(2)3/h10H,5-9H2,1-4H3,(H,14,15). The van der Waals surface area contributed by atoms with E-state index in [1.807, 2.05) is 33.0 Å². The molecule has 0 bridgehead atoms. The van der Waals surface area contributed by atoms with Crippen molar-refractivity contribution in [2.24, 2.45) is 0 Å². The maximum Gasteiger partial charge on any atom is 0.334 e. The topological polar surface area (TPSA) is 53.0 Å². The van der Waals surface area contributed by atoms with Crippen LogP contribution in [0.3, 0.4) is 0 Å². The Hall–Kier alpha value is -0.650. The summed E-state index contributed by atoms with van der Waals surface area (Å²) in [5.74, 6) is -0.888. The Labute approximate surface area is 98.0 Å². The average Bonchev–Trinajstić information content (AvgIpc) is 2.16. The molecule has 0 saturated heterocycles. The Balaban J connectivity index is 3.81.